The van der Waals surface area contributed by atoms with E-state index in [1.165, 1.54) is 0 Å². The van der Waals surface area contributed by atoms with E-state index in [1.807, 2.05) is 7.05 Å². The predicted octanol–water partition coefficient (Wildman–Crippen LogP) is 0.123. The predicted molar refractivity (Wildman–Crippen MR) is 45.3 cm³/mol. The quantitative estimate of drug-likeness (QED) is 0.587. The van der Waals surface area contributed by atoms with Crippen LogP contribution in [0.1, 0.15) is 19.3 Å². The van der Waals surface area contributed by atoms with Crippen LogP contribution in [0, 0.1) is 5.92 Å². The van der Waals surface area contributed by atoms with Crippen LogP contribution in [0.2, 0.25) is 0 Å². The summed E-state index contributed by atoms with van der Waals surface area (Å²) in [6.07, 6.45) is 2.24. The fourth-order valence-electron chi connectivity index (χ4n) is 2.57. The molecule has 13 heavy (non-hydrogen) atoms. The van der Waals surface area contributed by atoms with E-state index in [2.05, 4.69) is 4.90 Å². The molecule has 2 bridgehead atoms. The van der Waals surface area contributed by atoms with Crippen LogP contribution in [0.4, 0.5) is 0 Å². The molecule has 4 heteroatoms. The number of piperidine rings is 1. The fraction of sp³-hybridized carbons (Fsp3) is 0.778. The number of ketones is 1. The minimum absolute atomic E-state index is 0.0521. The van der Waals surface area contributed by atoms with Crippen molar-refractivity contribution in [2.45, 2.75) is 31.3 Å². The molecule has 2 aliphatic heterocycles. The van der Waals surface area contributed by atoms with Crippen LogP contribution >= 0.6 is 0 Å². The Labute approximate surface area is 76.5 Å². The lowest BCUT2D eigenvalue weighted by Crippen LogP contribution is -2.49. The van der Waals surface area contributed by atoms with Crippen LogP contribution in [-0.2, 0) is 9.59 Å². The van der Waals surface area contributed by atoms with E-state index in [-0.39, 0.29) is 11.8 Å². The van der Waals surface area contributed by atoms with E-state index in [0.717, 1.165) is 12.8 Å². The Bertz CT molecular complexity index is 264. The van der Waals surface area contributed by atoms with Gasteiger partial charge in [-0.1, -0.05) is 0 Å². The normalized spacial score (nSPS) is 39.5. The van der Waals surface area contributed by atoms with E-state index >= 15 is 0 Å². The zero-order chi connectivity index (χ0) is 9.59. The topological polar surface area (TPSA) is 57.6 Å². The molecule has 2 fully saturated rings. The number of carbonyl (C=O) groups is 2. The molecule has 0 unspecified atom stereocenters. The highest BCUT2D eigenvalue weighted by Crippen LogP contribution is 2.35. The summed E-state index contributed by atoms with van der Waals surface area (Å²) in [6.45, 7) is 0. The molecule has 2 saturated heterocycles. The van der Waals surface area contributed by atoms with Crippen molar-refractivity contribution < 1.29 is 14.7 Å². The van der Waals surface area contributed by atoms with Crippen molar-refractivity contribution >= 4 is 11.8 Å². The molecule has 3 atom stereocenters. The van der Waals surface area contributed by atoms with E-state index in [9.17, 15) is 9.59 Å². The summed E-state index contributed by atoms with van der Waals surface area (Å²) >= 11 is 0. The number of aliphatic carboxylic acids is 1. The second-order valence-electron chi connectivity index (χ2n) is 3.95. The van der Waals surface area contributed by atoms with Crippen LogP contribution in [0.25, 0.3) is 0 Å². The third-order valence-corrected chi connectivity index (χ3v) is 3.33. The molecule has 2 heterocycles. The Morgan fingerprint density at radius 2 is 2.23 bits per heavy atom. The van der Waals surface area contributed by atoms with Crippen molar-refractivity contribution in [2.24, 2.45) is 5.92 Å². The first kappa shape index (κ1) is 8.69. The number of carboxylic acid groups (broad SMARTS) is 1. The number of carbonyl (C=O) groups excluding carboxylic acids is 1. The molecule has 0 amide bonds. The molecule has 0 aromatic carbocycles. The molecule has 4 nitrogen and oxygen atoms in total. The second kappa shape index (κ2) is 2.80. The number of hydrogen-bond donors (Lipinski definition) is 1. The average molecular weight is 183 g/mol. The molecule has 0 radical (unpaired) electrons. The molecule has 0 aromatic rings. The first-order valence-electron chi connectivity index (χ1n) is 4.58. The lowest BCUT2D eigenvalue weighted by atomic mass is 9.89. The van der Waals surface area contributed by atoms with E-state index in [1.54, 1.807) is 0 Å². The van der Waals surface area contributed by atoms with Crippen LogP contribution in [0.5, 0.6) is 0 Å². The fourth-order valence-corrected chi connectivity index (χ4v) is 2.57. The minimum Gasteiger partial charge on any atom is -0.481 e. The van der Waals surface area contributed by atoms with Crippen molar-refractivity contribution in [3.8, 4) is 0 Å². The third-order valence-electron chi connectivity index (χ3n) is 3.33. The molecule has 2 aliphatic rings. The summed E-state index contributed by atoms with van der Waals surface area (Å²) in [7, 11) is 1.92. The molecule has 2 rings (SSSR count). The number of rotatable bonds is 1. The standard InChI is InChI=1S/C9H13NO3/c1-10-5-2-3-6(10)8(9(12)13)7(11)4-5/h5-6,8H,2-4H2,1H3,(H,12,13)/t5-,6+,8+/m0/s1. The van der Waals surface area contributed by atoms with Gasteiger partial charge in [0.1, 0.15) is 11.7 Å². The van der Waals surface area contributed by atoms with Crippen LogP contribution in [0.15, 0.2) is 0 Å². The highest BCUT2D eigenvalue weighted by atomic mass is 16.4. The third kappa shape index (κ3) is 1.16. The van der Waals surface area contributed by atoms with Gasteiger partial charge in [0, 0.05) is 18.5 Å². The van der Waals surface area contributed by atoms with E-state index < -0.39 is 11.9 Å². The lowest BCUT2D eigenvalue weighted by Gasteiger charge is -2.34. The van der Waals surface area contributed by atoms with Gasteiger partial charge in [-0.3, -0.25) is 14.5 Å². The summed E-state index contributed by atoms with van der Waals surface area (Å²) < 4.78 is 0. The Morgan fingerprint density at radius 1 is 1.54 bits per heavy atom. The molecular weight excluding hydrogens is 170 g/mol. The maximum absolute atomic E-state index is 11.4. The number of carboxylic acids is 1. The number of fused-ring (bicyclic) bond motifs is 2. The van der Waals surface area contributed by atoms with Crippen molar-refractivity contribution in [3.05, 3.63) is 0 Å². The van der Waals surface area contributed by atoms with Gasteiger partial charge in [0.15, 0.2) is 0 Å². The van der Waals surface area contributed by atoms with Gasteiger partial charge in [-0.25, -0.2) is 0 Å². The average Bonchev–Trinajstić information content (AvgIpc) is 2.34. The lowest BCUT2D eigenvalue weighted by molar-refractivity contribution is -0.151. The Morgan fingerprint density at radius 3 is 2.85 bits per heavy atom. The van der Waals surface area contributed by atoms with Gasteiger partial charge in [-0.2, -0.15) is 0 Å². The van der Waals surface area contributed by atoms with E-state index in [4.69, 9.17) is 5.11 Å². The summed E-state index contributed by atoms with van der Waals surface area (Å²) in [5, 5.41) is 8.90. The van der Waals surface area contributed by atoms with Crippen LogP contribution < -0.4 is 0 Å². The molecule has 0 aromatic heterocycles. The minimum atomic E-state index is -0.956. The van der Waals surface area contributed by atoms with Crippen LogP contribution in [0.3, 0.4) is 0 Å². The summed E-state index contributed by atoms with van der Waals surface area (Å²) in [4.78, 5) is 24.3. The molecule has 0 aliphatic carbocycles. The smallest absolute Gasteiger partial charge is 0.315 e. The highest BCUT2D eigenvalue weighted by Gasteiger charge is 2.48. The van der Waals surface area contributed by atoms with Crippen molar-refractivity contribution in [1.82, 2.24) is 4.90 Å². The van der Waals surface area contributed by atoms with Gasteiger partial charge in [-0.05, 0) is 19.9 Å². The maximum atomic E-state index is 11.4. The summed E-state index contributed by atoms with van der Waals surface area (Å²) in [5.74, 6) is -1.82. The van der Waals surface area contributed by atoms with Crippen molar-refractivity contribution in [2.75, 3.05) is 7.05 Å². The largest absolute Gasteiger partial charge is 0.481 e. The summed E-state index contributed by atoms with van der Waals surface area (Å²) in [6, 6.07) is 0.247. The first-order valence-corrected chi connectivity index (χ1v) is 4.58. The van der Waals surface area contributed by atoms with Gasteiger partial charge in [0.25, 0.3) is 0 Å². The van der Waals surface area contributed by atoms with Crippen LogP contribution in [-0.4, -0.2) is 40.9 Å². The SMILES string of the molecule is CN1[C@H]2CC[C@@H]1[C@@H](C(=O)O)C(=O)C2. The zero-order valence-corrected chi connectivity index (χ0v) is 7.56. The van der Waals surface area contributed by atoms with Gasteiger partial charge in [-0.15, -0.1) is 0 Å². The first-order chi connectivity index (χ1) is 6.11. The number of nitrogens with zero attached hydrogens (tertiary/aromatic N) is 1. The Kier molecular flexibility index (Phi) is 1.87. The maximum Gasteiger partial charge on any atom is 0.315 e. The zero-order valence-electron chi connectivity index (χ0n) is 7.56. The molecular formula is C9H13NO3. The number of hydrogen-bond acceptors (Lipinski definition) is 3. The summed E-state index contributed by atoms with van der Waals surface area (Å²) in [5.41, 5.74) is 0. The van der Waals surface area contributed by atoms with Gasteiger partial charge < -0.3 is 5.11 Å². The molecule has 1 N–H and O–H groups in total. The van der Waals surface area contributed by atoms with Gasteiger partial charge in [0.2, 0.25) is 0 Å². The second-order valence-corrected chi connectivity index (χ2v) is 3.95. The van der Waals surface area contributed by atoms with Gasteiger partial charge >= 0.3 is 5.97 Å². The van der Waals surface area contributed by atoms with Gasteiger partial charge in [0.05, 0.1) is 0 Å². The monoisotopic (exact) mass is 183 g/mol. The molecule has 0 spiro atoms. The number of Topliss-reactive ketones (excluding diaryl/α,β-unsaturated/α-hetero) is 1. The van der Waals surface area contributed by atoms with Crippen molar-refractivity contribution in [1.29, 1.82) is 0 Å². The molecule has 72 valence electrons. The Hall–Kier alpha value is -0.900. The van der Waals surface area contributed by atoms with E-state index in [0.29, 0.717) is 12.5 Å². The Balaban J connectivity index is 2.27. The highest BCUT2D eigenvalue weighted by molar-refractivity contribution is 6.00. The molecule has 0 saturated carbocycles. The van der Waals surface area contributed by atoms with Crippen molar-refractivity contribution in [3.63, 3.8) is 0 Å².